The van der Waals surface area contributed by atoms with Crippen LogP contribution < -0.4 is 0 Å². The van der Waals surface area contributed by atoms with Crippen molar-refractivity contribution in [3.05, 3.63) is 23.8 Å². The van der Waals surface area contributed by atoms with Crippen molar-refractivity contribution in [3.8, 4) is 0 Å². The molecule has 0 heterocycles. The Hall–Kier alpha value is -0.560. The number of hydrogen-bond acceptors (Lipinski definition) is 1. The van der Waals surface area contributed by atoms with E-state index in [1.54, 1.807) is 0 Å². The van der Waals surface area contributed by atoms with Crippen LogP contribution in [-0.2, 0) is 0 Å². The molecule has 1 N–H and O–H groups in total. The van der Waals surface area contributed by atoms with Gasteiger partial charge in [0.2, 0.25) is 0 Å². The maximum Gasteiger partial charge on any atom is 0.0543 e. The third-order valence-electron chi connectivity index (χ3n) is 10.5. The van der Waals surface area contributed by atoms with Crippen LogP contribution in [0.4, 0.5) is 0 Å². The average molecular weight is 413 g/mol. The van der Waals surface area contributed by atoms with E-state index in [2.05, 4.69) is 52.8 Å². The van der Waals surface area contributed by atoms with Crippen LogP contribution in [0.3, 0.4) is 0 Å². The normalized spacial score (nSPS) is 45.4. The third-order valence-corrected chi connectivity index (χ3v) is 10.5. The monoisotopic (exact) mass is 412 g/mol. The van der Waals surface area contributed by atoms with E-state index in [0.717, 1.165) is 36.5 Å². The maximum absolute atomic E-state index is 10.3. The molecule has 0 aromatic rings. The molecule has 170 valence electrons. The van der Waals surface area contributed by atoms with Gasteiger partial charge in [0.25, 0.3) is 0 Å². The molecule has 0 amide bonds. The second-order valence-corrected chi connectivity index (χ2v) is 12.3. The summed E-state index contributed by atoms with van der Waals surface area (Å²) in [5, 5.41) is 10.3. The molecule has 0 aromatic heterocycles. The average Bonchev–Trinajstić information content (AvgIpc) is 3.06. The molecule has 0 spiro atoms. The standard InChI is InChI=1S/C29H48O/c1-6-8-20(2)9-7-10-21(3)25-13-14-26-24-12-11-22-19-23(30)15-17-28(22,4)27(24)16-18-29(25,26)5/h7,10,12,20-23,25-27,30H,6,8-9,11,13-19H2,1-5H3/t20?,21-,22+,23+,25-,26+,27+,28+,29-/m1/s1. The molecular weight excluding hydrogens is 364 g/mol. The molecule has 0 saturated heterocycles. The fraction of sp³-hybridized carbons (Fsp3) is 0.862. The van der Waals surface area contributed by atoms with Crippen LogP contribution in [0.25, 0.3) is 0 Å². The lowest BCUT2D eigenvalue weighted by Crippen LogP contribution is -2.49. The summed E-state index contributed by atoms with van der Waals surface area (Å²) in [5.74, 6) is 4.71. The Labute approximate surface area is 186 Å². The second-order valence-electron chi connectivity index (χ2n) is 12.3. The molecule has 3 saturated carbocycles. The van der Waals surface area contributed by atoms with Crippen molar-refractivity contribution in [2.45, 2.75) is 111 Å². The van der Waals surface area contributed by atoms with Crippen LogP contribution in [0, 0.1) is 46.3 Å². The van der Waals surface area contributed by atoms with E-state index in [9.17, 15) is 5.11 Å². The number of aliphatic hydroxyl groups excluding tert-OH is 1. The maximum atomic E-state index is 10.3. The predicted molar refractivity (Wildman–Crippen MR) is 128 cm³/mol. The van der Waals surface area contributed by atoms with Gasteiger partial charge in [-0.3, -0.25) is 0 Å². The van der Waals surface area contributed by atoms with Gasteiger partial charge in [-0.25, -0.2) is 0 Å². The number of rotatable bonds is 6. The van der Waals surface area contributed by atoms with E-state index in [4.69, 9.17) is 0 Å². The first-order valence-electron chi connectivity index (χ1n) is 13.3. The molecule has 0 aromatic carbocycles. The van der Waals surface area contributed by atoms with Crippen LogP contribution in [0.15, 0.2) is 23.8 Å². The van der Waals surface area contributed by atoms with Crippen molar-refractivity contribution >= 4 is 0 Å². The van der Waals surface area contributed by atoms with E-state index in [0.29, 0.717) is 22.7 Å². The Balaban J connectivity index is 1.48. The minimum Gasteiger partial charge on any atom is -0.393 e. The highest BCUT2D eigenvalue weighted by Crippen LogP contribution is 2.66. The van der Waals surface area contributed by atoms with Gasteiger partial charge in [-0.05, 0) is 104 Å². The Morgan fingerprint density at radius 1 is 1.07 bits per heavy atom. The van der Waals surface area contributed by atoms with Gasteiger partial charge in [-0.15, -0.1) is 0 Å². The van der Waals surface area contributed by atoms with Gasteiger partial charge < -0.3 is 5.11 Å². The number of allylic oxidation sites excluding steroid dienone is 4. The summed E-state index contributed by atoms with van der Waals surface area (Å²) in [6.45, 7) is 12.4. The van der Waals surface area contributed by atoms with E-state index in [1.807, 2.05) is 5.57 Å². The highest BCUT2D eigenvalue weighted by molar-refractivity contribution is 5.28. The Kier molecular flexibility index (Phi) is 6.61. The minimum atomic E-state index is -0.0459. The van der Waals surface area contributed by atoms with Gasteiger partial charge >= 0.3 is 0 Å². The Bertz CT molecular complexity index is 661. The minimum absolute atomic E-state index is 0.0459. The zero-order valence-corrected chi connectivity index (χ0v) is 20.5. The Morgan fingerprint density at radius 2 is 1.80 bits per heavy atom. The first-order chi connectivity index (χ1) is 14.3. The lowest BCUT2D eigenvalue weighted by Gasteiger charge is -2.57. The van der Waals surface area contributed by atoms with E-state index >= 15 is 0 Å². The molecule has 0 bridgehead atoms. The lowest BCUT2D eigenvalue weighted by atomic mass is 9.47. The van der Waals surface area contributed by atoms with Crippen molar-refractivity contribution in [1.82, 2.24) is 0 Å². The summed E-state index contributed by atoms with van der Waals surface area (Å²) in [6, 6.07) is 0. The van der Waals surface area contributed by atoms with Crippen molar-refractivity contribution < 1.29 is 5.11 Å². The molecule has 1 heteroatoms. The largest absolute Gasteiger partial charge is 0.393 e. The van der Waals surface area contributed by atoms with Gasteiger partial charge in [-0.1, -0.05) is 71.3 Å². The molecule has 1 unspecified atom stereocenters. The van der Waals surface area contributed by atoms with E-state index < -0.39 is 0 Å². The van der Waals surface area contributed by atoms with Crippen LogP contribution in [0.5, 0.6) is 0 Å². The number of aliphatic hydroxyl groups is 1. The van der Waals surface area contributed by atoms with Crippen molar-refractivity contribution in [2.24, 2.45) is 46.3 Å². The zero-order chi connectivity index (χ0) is 21.5. The van der Waals surface area contributed by atoms with Crippen LogP contribution in [0.2, 0.25) is 0 Å². The first kappa shape index (κ1) is 22.6. The number of hydrogen-bond donors (Lipinski definition) is 1. The van der Waals surface area contributed by atoms with Gasteiger partial charge in [0, 0.05) is 0 Å². The van der Waals surface area contributed by atoms with Crippen LogP contribution in [-0.4, -0.2) is 11.2 Å². The number of fused-ring (bicyclic) bond motifs is 5. The van der Waals surface area contributed by atoms with E-state index in [-0.39, 0.29) is 6.10 Å². The second kappa shape index (κ2) is 8.76. The summed E-state index contributed by atoms with van der Waals surface area (Å²) < 4.78 is 0. The zero-order valence-electron chi connectivity index (χ0n) is 20.5. The van der Waals surface area contributed by atoms with Crippen molar-refractivity contribution in [1.29, 1.82) is 0 Å². The molecule has 4 aliphatic carbocycles. The van der Waals surface area contributed by atoms with Crippen LogP contribution in [0.1, 0.15) is 105 Å². The molecule has 4 aliphatic rings. The summed E-state index contributed by atoms with van der Waals surface area (Å²) in [4.78, 5) is 0. The van der Waals surface area contributed by atoms with Crippen molar-refractivity contribution in [2.75, 3.05) is 0 Å². The SMILES string of the molecule is CCCC(C)CC=C[C@@H](C)[C@H]1CC[C@H]2C3=CC[C@H]4C[C@@H](O)CC[C@]4(C)[C@H]3CC[C@]12C. The molecule has 0 aliphatic heterocycles. The smallest absolute Gasteiger partial charge is 0.0543 e. The summed E-state index contributed by atoms with van der Waals surface area (Å²) in [5.41, 5.74) is 2.80. The summed E-state index contributed by atoms with van der Waals surface area (Å²) in [6.07, 6.45) is 21.8. The first-order valence-corrected chi connectivity index (χ1v) is 13.3. The topological polar surface area (TPSA) is 20.2 Å². The third kappa shape index (κ3) is 3.87. The van der Waals surface area contributed by atoms with Crippen molar-refractivity contribution in [3.63, 3.8) is 0 Å². The molecule has 3 fully saturated rings. The van der Waals surface area contributed by atoms with Gasteiger partial charge in [-0.2, -0.15) is 0 Å². The molecular formula is C29H48O. The predicted octanol–water partition coefficient (Wildman–Crippen LogP) is 7.94. The summed E-state index contributed by atoms with van der Waals surface area (Å²) in [7, 11) is 0. The molecule has 9 atom stereocenters. The molecule has 0 radical (unpaired) electrons. The molecule has 4 rings (SSSR count). The fourth-order valence-electron chi connectivity index (χ4n) is 8.66. The quantitative estimate of drug-likeness (QED) is 0.439. The Morgan fingerprint density at radius 3 is 2.57 bits per heavy atom. The summed E-state index contributed by atoms with van der Waals surface area (Å²) >= 11 is 0. The molecule has 1 nitrogen and oxygen atoms in total. The fourth-order valence-corrected chi connectivity index (χ4v) is 8.66. The highest BCUT2D eigenvalue weighted by atomic mass is 16.3. The molecule has 30 heavy (non-hydrogen) atoms. The van der Waals surface area contributed by atoms with Crippen LogP contribution >= 0.6 is 0 Å². The van der Waals surface area contributed by atoms with Gasteiger partial charge in [0.1, 0.15) is 0 Å². The van der Waals surface area contributed by atoms with Gasteiger partial charge in [0.15, 0.2) is 0 Å². The van der Waals surface area contributed by atoms with Gasteiger partial charge in [0.05, 0.1) is 6.10 Å². The lowest BCUT2D eigenvalue weighted by molar-refractivity contribution is -0.0414. The highest BCUT2D eigenvalue weighted by Gasteiger charge is 2.57. The van der Waals surface area contributed by atoms with E-state index in [1.165, 1.54) is 57.8 Å².